The molecule has 2 N–H and O–H groups in total. The first-order valence-electron chi connectivity index (χ1n) is 6.03. The summed E-state index contributed by atoms with van der Waals surface area (Å²) in [5.41, 5.74) is 7.24. The molecule has 0 atom stereocenters. The molecule has 0 unspecified atom stereocenters. The van der Waals surface area contributed by atoms with Gasteiger partial charge in [-0.05, 0) is 29.8 Å². The Bertz CT molecular complexity index is 646. The summed E-state index contributed by atoms with van der Waals surface area (Å²) in [6, 6.07) is 11.2. The van der Waals surface area contributed by atoms with Crippen LogP contribution in [0.15, 0.2) is 42.5 Å². The summed E-state index contributed by atoms with van der Waals surface area (Å²) in [5.74, 6) is -1.04. The normalized spacial score (nSPS) is 10.3. The molecular weight excluding hydrogens is 279 g/mol. The van der Waals surface area contributed by atoms with Crippen molar-refractivity contribution < 1.29 is 9.18 Å². The van der Waals surface area contributed by atoms with Gasteiger partial charge in [0.05, 0.1) is 5.56 Å². The minimum Gasteiger partial charge on any atom is -0.398 e. The summed E-state index contributed by atoms with van der Waals surface area (Å²) in [7, 11) is 1.60. The lowest BCUT2D eigenvalue weighted by Crippen LogP contribution is -2.27. The van der Waals surface area contributed by atoms with Crippen molar-refractivity contribution in [3.63, 3.8) is 0 Å². The Hall–Kier alpha value is -2.07. The number of nitrogens with two attached hydrogens (primary N) is 1. The number of rotatable bonds is 3. The number of carbonyl (C=O) groups excluding carboxylic acids is 1. The van der Waals surface area contributed by atoms with Crippen LogP contribution in [-0.2, 0) is 6.54 Å². The van der Waals surface area contributed by atoms with E-state index >= 15 is 0 Å². The van der Waals surface area contributed by atoms with Crippen LogP contribution in [0.5, 0.6) is 0 Å². The molecule has 0 bridgehead atoms. The van der Waals surface area contributed by atoms with Gasteiger partial charge in [0.15, 0.2) is 0 Å². The molecule has 1 amide bonds. The Balaban J connectivity index is 2.19. The van der Waals surface area contributed by atoms with Gasteiger partial charge in [0.2, 0.25) is 0 Å². The second kappa shape index (κ2) is 5.92. The van der Waals surface area contributed by atoms with Gasteiger partial charge in [-0.1, -0.05) is 29.8 Å². The molecule has 0 aliphatic rings. The highest BCUT2D eigenvalue weighted by molar-refractivity contribution is 6.30. The van der Waals surface area contributed by atoms with Gasteiger partial charge < -0.3 is 10.6 Å². The van der Waals surface area contributed by atoms with Crippen LogP contribution >= 0.6 is 11.6 Å². The van der Waals surface area contributed by atoms with E-state index in [1.54, 1.807) is 13.1 Å². The lowest BCUT2D eigenvalue weighted by atomic mass is 10.1. The number of hydrogen-bond donors (Lipinski definition) is 1. The zero-order valence-electron chi connectivity index (χ0n) is 10.9. The molecule has 5 heteroatoms. The first-order valence-corrected chi connectivity index (χ1v) is 6.40. The van der Waals surface area contributed by atoms with Crippen LogP contribution in [0.1, 0.15) is 15.9 Å². The van der Waals surface area contributed by atoms with Crippen molar-refractivity contribution in [1.29, 1.82) is 0 Å². The largest absolute Gasteiger partial charge is 0.398 e. The molecule has 0 aliphatic carbocycles. The fourth-order valence-corrected chi connectivity index (χ4v) is 2.03. The number of nitrogen functional groups attached to an aromatic ring is 1. The summed E-state index contributed by atoms with van der Waals surface area (Å²) in [5, 5.41) is 0.258. The lowest BCUT2D eigenvalue weighted by molar-refractivity contribution is 0.0781. The third-order valence-corrected chi connectivity index (χ3v) is 3.21. The quantitative estimate of drug-likeness (QED) is 0.882. The summed E-state index contributed by atoms with van der Waals surface area (Å²) < 4.78 is 13.7. The highest BCUT2D eigenvalue weighted by atomic mass is 35.5. The summed E-state index contributed by atoms with van der Waals surface area (Å²) in [4.78, 5) is 13.6. The van der Waals surface area contributed by atoms with Crippen molar-refractivity contribution in [2.24, 2.45) is 0 Å². The maximum atomic E-state index is 13.7. The number of nitrogens with zero attached hydrogens (tertiary/aromatic N) is 1. The van der Waals surface area contributed by atoms with Crippen molar-refractivity contribution in [2.45, 2.75) is 6.54 Å². The van der Waals surface area contributed by atoms with Crippen LogP contribution in [0.4, 0.5) is 10.1 Å². The number of para-hydroxylation sites is 1. The van der Waals surface area contributed by atoms with Gasteiger partial charge in [-0.25, -0.2) is 4.39 Å². The number of anilines is 1. The summed E-state index contributed by atoms with van der Waals surface area (Å²) in [6.07, 6.45) is 0. The molecule has 20 heavy (non-hydrogen) atoms. The number of carbonyl (C=O) groups is 1. The maximum Gasteiger partial charge on any atom is 0.256 e. The topological polar surface area (TPSA) is 46.3 Å². The van der Waals surface area contributed by atoms with Gasteiger partial charge in [-0.15, -0.1) is 0 Å². The Morgan fingerprint density at radius 3 is 2.65 bits per heavy atom. The lowest BCUT2D eigenvalue weighted by Gasteiger charge is -2.18. The van der Waals surface area contributed by atoms with E-state index in [0.717, 1.165) is 11.6 Å². The number of benzene rings is 2. The second-order valence-corrected chi connectivity index (χ2v) is 4.92. The standard InChI is InChI=1S/C15H14ClFN2O/c1-19(9-10-4-2-3-5-14(10)18)15(20)12-7-6-11(16)8-13(12)17/h2-8H,9,18H2,1H3. The Morgan fingerprint density at radius 1 is 1.30 bits per heavy atom. The van der Waals surface area contributed by atoms with Crippen LogP contribution in [-0.4, -0.2) is 17.9 Å². The number of hydrogen-bond acceptors (Lipinski definition) is 2. The zero-order chi connectivity index (χ0) is 14.7. The maximum absolute atomic E-state index is 13.7. The van der Waals surface area contributed by atoms with Gasteiger partial charge >= 0.3 is 0 Å². The monoisotopic (exact) mass is 292 g/mol. The predicted molar refractivity (Wildman–Crippen MR) is 78.1 cm³/mol. The third kappa shape index (κ3) is 3.08. The van der Waals surface area contributed by atoms with E-state index in [4.69, 9.17) is 17.3 Å². The average Bonchev–Trinajstić information content (AvgIpc) is 2.40. The molecule has 0 saturated heterocycles. The first kappa shape index (κ1) is 14.3. The molecule has 104 valence electrons. The van der Waals surface area contributed by atoms with Gasteiger partial charge in [0, 0.05) is 24.3 Å². The SMILES string of the molecule is CN(Cc1ccccc1N)C(=O)c1ccc(Cl)cc1F. The van der Waals surface area contributed by atoms with E-state index in [0.29, 0.717) is 12.2 Å². The molecule has 0 aromatic heterocycles. The zero-order valence-corrected chi connectivity index (χ0v) is 11.7. The molecule has 2 aromatic rings. The number of halogens is 2. The smallest absolute Gasteiger partial charge is 0.256 e. The number of amides is 1. The molecule has 0 spiro atoms. The van der Waals surface area contributed by atoms with Crippen LogP contribution in [0.3, 0.4) is 0 Å². The van der Waals surface area contributed by atoms with Gasteiger partial charge in [-0.3, -0.25) is 4.79 Å². The van der Waals surface area contributed by atoms with E-state index in [2.05, 4.69) is 0 Å². The molecule has 0 aliphatic heterocycles. The Morgan fingerprint density at radius 2 is 2.00 bits per heavy atom. The van der Waals surface area contributed by atoms with E-state index in [1.165, 1.54) is 17.0 Å². The fraction of sp³-hybridized carbons (Fsp3) is 0.133. The van der Waals surface area contributed by atoms with E-state index in [1.807, 2.05) is 18.2 Å². The molecule has 0 saturated carbocycles. The molecular formula is C15H14ClFN2O. The van der Waals surface area contributed by atoms with Crippen LogP contribution in [0.25, 0.3) is 0 Å². The van der Waals surface area contributed by atoms with Crippen LogP contribution in [0.2, 0.25) is 5.02 Å². The molecule has 2 aromatic carbocycles. The molecule has 3 nitrogen and oxygen atoms in total. The van der Waals surface area contributed by atoms with Crippen LogP contribution in [0, 0.1) is 5.82 Å². The van der Waals surface area contributed by atoms with Gasteiger partial charge in [-0.2, -0.15) is 0 Å². The average molecular weight is 293 g/mol. The van der Waals surface area contributed by atoms with Crippen molar-refractivity contribution in [2.75, 3.05) is 12.8 Å². The third-order valence-electron chi connectivity index (χ3n) is 2.97. The van der Waals surface area contributed by atoms with Crippen molar-refractivity contribution in [1.82, 2.24) is 4.90 Å². The van der Waals surface area contributed by atoms with E-state index < -0.39 is 11.7 Å². The Labute approximate surface area is 121 Å². The first-order chi connectivity index (χ1) is 9.49. The Kier molecular flexibility index (Phi) is 4.25. The van der Waals surface area contributed by atoms with E-state index in [9.17, 15) is 9.18 Å². The van der Waals surface area contributed by atoms with Crippen LogP contribution < -0.4 is 5.73 Å². The fourth-order valence-electron chi connectivity index (χ4n) is 1.87. The van der Waals surface area contributed by atoms with E-state index in [-0.39, 0.29) is 10.6 Å². The van der Waals surface area contributed by atoms with Gasteiger partial charge in [0.1, 0.15) is 5.82 Å². The molecule has 0 radical (unpaired) electrons. The minimum atomic E-state index is -0.629. The minimum absolute atomic E-state index is 0.00796. The molecule has 2 rings (SSSR count). The van der Waals surface area contributed by atoms with Crippen molar-refractivity contribution >= 4 is 23.2 Å². The predicted octanol–water partition coefficient (Wildman–Crippen LogP) is 3.33. The summed E-state index contributed by atoms with van der Waals surface area (Å²) in [6.45, 7) is 0.313. The van der Waals surface area contributed by atoms with Crippen molar-refractivity contribution in [3.05, 3.63) is 64.4 Å². The molecule has 0 fully saturated rings. The van der Waals surface area contributed by atoms with Crippen molar-refractivity contribution in [3.8, 4) is 0 Å². The highest BCUT2D eigenvalue weighted by Crippen LogP contribution is 2.18. The molecule has 0 heterocycles. The van der Waals surface area contributed by atoms with Gasteiger partial charge in [0.25, 0.3) is 5.91 Å². The highest BCUT2D eigenvalue weighted by Gasteiger charge is 2.17. The second-order valence-electron chi connectivity index (χ2n) is 4.48. The summed E-state index contributed by atoms with van der Waals surface area (Å²) >= 11 is 5.67.